The van der Waals surface area contributed by atoms with Crippen molar-refractivity contribution in [3.63, 3.8) is 0 Å². The SMILES string of the molecule is O=C1CCCC[C@H]1Sc1nc2ccccc2c(=O)n1C1CCCC1. The number of carbonyl (C=O) groups is 1. The number of fused-ring (bicyclic) bond motifs is 1. The lowest BCUT2D eigenvalue weighted by Crippen LogP contribution is -2.29. The van der Waals surface area contributed by atoms with Crippen molar-refractivity contribution in [1.29, 1.82) is 0 Å². The first-order valence-electron chi connectivity index (χ1n) is 8.95. The van der Waals surface area contributed by atoms with E-state index >= 15 is 0 Å². The second-order valence-corrected chi connectivity index (χ2v) is 8.01. The van der Waals surface area contributed by atoms with Crippen LogP contribution in [0, 0.1) is 0 Å². The van der Waals surface area contributed by atoms with Gasteiger partial charge in [0, 0.05) is 12.5 Å². The van der Waals surface area contributed by atoms with Crippen molar-refractivity contribution >= 4 is 28.4 Å². The van der Waals surface area contributed by atoms with Crippen LogP contribution in [-0.2, 0) is 4.79 Å². The lowest BCUT2D eigenvalue weighted by atomic mass is 9.99. The number of carbonyl (C=O) groups excluding carboxylic acids is 1. The number of Topliss-reactive ketones (excluding diaryl/α,β-unsaturated/α-hetero) is 1. The summed E-state index contributed by atoms with van der Waals surface area (Å²) in [5.74, 6) is 0.312. The molecule has 0 bridgehead atoms. The highest BCUT2D eigenvalue weighted by Gasteiger charge is 2.28. The number of benzene rings is 1. The number of ketones is 1. The fourth-order valence-electron chi connectivity index (χ4n) is 3.90. The van der Waals surface area contributed by atoms with Crippen LogP contribution < -0.4 is 5.56 Å². The Bertz CT molecular complexity index is 824. The molecule has 2 aliphatic carbocycles. The molecule has 1 atom stereocenters. The van der Waals surface area contributed by atoms with Crippen molar-refractivity contribution in [2.45, 2.75) is 67.8 Å². The molecule has 1 aromatic carbocycles. The van der Waals surface area contributed by atoms with Gasteiger partial charge in [0.05, 0.1) is 16.2 Å². The summed E-state index contributed by atoms with van der Waals surface area (Å²) in [5, 5.41) is 1.38. The molecule has 4 nitrogen and oxygen atoms in total. The average molecular weight is 342 g/mol. The third-order valence-electron chi connectivity index (χ3n) is 5.21. The molecule has 0 spiro atoms. The van der Waals surface area contributed by atoms with Crippen molar-refractivity contribution in [1.82, 2.24) is 9.55 Å². The normalized spacial score (nSPS) is 22.3. The smallest absolute Gasteiger partial charge is 0.262 e. The van der Waals surface area contributed by atoms with Crippen LogP contribution in [0.5, 0.6) is 0 Å². The molecule has 2 aliphatic rings. The number of rotatable bonds is 3. The molecule has 126 valence electrons. The molecule has 0 amide bonds. The third-order valence-corrected chi connectivity index (χ3v) is 6.49. The molecule has 0 saturated heterocycles. The zero-order chi connectivity index (χ0) is 16.5. The van der Waals surface area contributed by atoms with Crippen LogP contribution in [0.1, 0.15) is 57.4 Å². The van der Waals surface area contributed by atoms with Gasteiger partial charge < -0.3 is 0 Å². The molecule has 2 fully saturated rings. The number of hydrogen-bond acceptors (Lipinski definition) is 4. The minimum Gasteiger partial charge on any atom is -0.298 e. The van der Waals surface area contributed by atoms with Crippen LogP contribution in [0.4, 0.5) is 0 Å². The minimum atomic E-state index is -0.0422. The Balaban J connectivity index is 1.81. The molecule has 0 unspecified atom stereocenters. The van der Waals surface area contributed by atoms with Crippen molar-refractivity contribution in [2.24, 2.45) is 0 Å². The van der Waals surface area contributed by atoms with Gasteiger partial charge >= 0.3 is 0 Å². The van der Waals surface area contributed by atoms with Crippen LogP contribution in [0.25, 0.3) is 10.9 Å². The first kappa shape index (κ1) is 15.9. The minimum absolute atomic E-state index is 0.0422. The molecule has 1 aromatic heterocycles. The predicted octanol–water partition coefficient (Wildman–Crippen LogP) is 4.12. The summed E-state index contributed by atoms with van der Waals surface area (Å²) in [6, 6.07) is 7.78. The highest BCUT2D eigenvalue weighted by molar-refractivity contribution is 8.00. The fraction of sp³-hybridized carbons (Fsp3) is 0.526. The molecule has 2 saturated carbocycles. The van der Waals surface area contributed by atoms with Gasteiger partial charge in [0.15, 0.2) is 5.16 Å². The van der Waals surface area contributed by atoms with Crippen LogP contribution in [0.15, 0.2) is 34.2 Å². The van der Waals surface area contributed by atoms with E-state index in [2.05, 4.69) is 0 Å². The van der Waals surface area contributed by atoms with Gasteiger partial charge in [-0.05, 0) is 37.8 Å². The number of thioether (sulfide) groups is 1. The third kappa shape index (κ3) is 2.90. The van der Waals surface area contributed by atoms with E-state index in [9.17, 15) is 9.59 Å². The summed E-state index contributed by atoms with van der Waals surface area (Å²) >= 11 is 1.52. The summed E-state index contributed by atoms with van der Waals surface area (Å²) in [5.41, 5.74) is 0.792. The summed E-state index contributed by atoms with van der Waals surface area (Å²) in [4.78, 5) is 30.1. The molecule has 0 aliphatic heterocycles. The Hall–Kier alpha value is -1.62. The largest absolute Gasteiger partial charge is 0.298 e. The van der Waals surface area contributed by atoms with E-state index in [0.717, 1.165) is 55.6 Å². The van der Waals surface area contributed by atoms with Gasteiger partial charge in [-0.2, -0.15) is 0 Å². The zero-order valence-corrected chi connectivity index (χ0v) is 14.6. The monoisotopic (exact) mass is 342 g/mol. The Morgan fingerprint density at radius 2 is 1.75 bits per heavy atom. The molecule has 1 heterocycles. The molecule has 4 rings (SSSR count). The Morgan fingerprint density at radius 1 is 1.00 bits per heavy atom. The number of nitrogens with zero attached hydrogens (tertiary/aromatic N) is 2. The summed E-state index contributed by atoms with van der Waals surface area (Å²) in [6.07, 6.45) is 8.04. The van der Waals surface area contributed by atoms with E-state index in [0.29, 0.717) is 17.6 Å². The van der Waals surface area contributed by atoms with Gasteiger partial charge in [-0.25, -0.2) is 4.98 Å². The molecule has 5 heteroatoms. The van der Waals surface area contributed by atoms with Gasteiger partial charge in [-0.1, -0.05) is 43.2 Å². The van der Waals surface area contributed by atoms with Gasteiger partial charge in [-0.15, -0.1) is 0 Å². The molecule has 2 aromatic rings. The molecule has 0 N–H and O–H groups in total. The van der Waals surface area contributed by atoms with Crippen molar-refractivity contribution < 1.29 is 4.79 Å². The number of para-hydroxylation sites is 1. The van der Waals surface area contributed by atoms with Gasteiger partial charge in [0.25, 0.3) is 5.56 Å². The topological polar surface area (TPSA) is 52.0 Å². The highest BCUT2D eigenvalue weighted by atomic mass is 32.2. The maximum Gasteiger partial charge on any atom is 0.262 e. The maximum atomic E-state index is 13.1. The predicted molar refractivity (Wildman–Crippen MR) is 96.6 cm³/mol. The molecule has 24 heavy (non-hydrogen) atoms. The van der Waals surface area contributed by atoms with E-state index in [4.69, 9.17) is 4.98 Å². The van der Waals surface area contributed by atoms with Gasteiger partial charge in [-0.3, -0.25) is 14.2 Å². The van der Waals surface area contributed by atoms with Gasteiger partial charge in [0.2, 0.25) is 0 Å². The summed E-state index contributed by atoms with van der Waals surface area (Å²) < 4.78 is 1.89. The first-order chi connectivity index (χ1) is 11.7. The van der Waals surface area contributed by atoms with E-state index in [1.54, 1.807) is 0 Å². The number of aromatic nitrogens is 2. The van der Waals surface area contributed by atoms with Crippen molar-refractivity contribution in [3.8, 4) is 0 Å². The lowest BCUT2D eigenvalue weighted by Gasteiger charge is -2.23. The molecular weight excluding hydrogens is 320 g/mol. The Labute approximate surface area is 145 Å². The first-order valence-corrected chi connectivity index (χ1v) is 9.82. The second kappa shape index (κ2) is 6.71. The second-order valence-electron chi connectivity index (χ2n) is 6.84. The van der Waals surface area contributed by atoms with E-state index in [1.807, 2.05) is 28.8 Å². The maximum absolute atomic E-state index is 13.1. The molecular formula is C19H22N2O2S. The fourth-order valence-corrected chi connectivity index (χ4v) is 5.18. The Morgan fingerprint density at radius 3 is 2.54 bits per heavy atom. The van der Waals surface area contributed by atoms with Crippen molar-refractivity contribution in [3.05, 3.63) is 34.6 Å². The highest BCUT2D eigenvalue weighted by Crippen LogP contribution is 2.35. The van der Waals surface area contributed by atoms with E-state index < -0.39 is 0 Å². The van der Waals surface area contributed by atoms with Crippen LogP contribution in [-0.4, -0.2) is 20.6 Å². The number of hydrogen-bond donors (Lipinski definition) is 0. The van der Waals surface area contributed by atoms with Gasteiger partial charge in [0.1, 0.15) is 5.78 Å². The summed E-state index contributed by atoms with van der Waals surface area (Å²) in [6.45, 7) is 0. The van der Waals surface area contributed by atoms with Crippen molar-refractivity contribution in [2.75, 3.05) is 0 Å². The quantitative estimate of drug-likeness (QED) is 0.788. The zero-order valence-electron chi connectivity index (χ0n) is 13.7. The van der Waals surface area contributed by atoms with E-state index in [1.165, 1.54) is 11.8 Å². The average Bonchev–Trinajstić information content (AvgIpc) is 3.11. The van der Waals surface area contributed by atoms with Crippen LogP contribution in [0.2, 0.25) is 0 Å². The van der Waals surface area contributed by atoms with Crippen LogP contribution >= 0.6 is 11.8 Å². The van der Waals surface area contributed by atoms with Crippen LogP contribution in [0.3, 0.4) is 0 Å². The lowest BCUT2D eigenvalue weighted by molar-refractivity contribution is -0.119. The molecule has 0 radical (unpaired) electrons. The summed E-state index contributed by atoms with van der Waals surface area (Å²) in [7, 11) is 0. The standard InChI is InChI=1S/C19H22N2O2S/c22-16-11-5-6-12-17(16)24-19-20-15-10-4-3-9-14(15)18(23)21(19)13-7-1-2-8-13/h3-4,9-10,13,17H,1-2,5-8,11-12H2/t17-/m1/s1. The Kier molecular flexibility index (Phi) is 4.44. The van der Waals surface area contributed by atoms with E-state index in [-0.39, 0.29) is 16.9 Å².